The van der Waals surface area contributed by atoms with E-state index in [1.165, 1.54) is 10.6 Å². The van der Waals surface area contributed by atoms with E-state index in [2.05, 4.69) is 0 Å². The van der Waals surface area contributed by atoms with Gasteiger partial charge in [0.2, 0.25) is 0 Å². The lowest BCUT2D eigenvalue weighted by atomic mass is 10.1. The molecule has 1 aromatic heterocycles. The minimum atomic E-state index is -0.513. The average Bonchev–Trinajstić information content (AvgIpc) is 2.79. The topological polar surface area (TPSA) is 55.2 Å². The molecule has 1 amide bonds. The second kappa shape index (κ2) is 9.56. The van der Waals surface area contributed by atoms with Gasteiger partial charge in [-0.05, 0) is 55.0 Å². The number of hydrogen-bond donors (Lipinski definition) is 0. The standard InChI is InChI=1S/C25H20Cl3N3O2/c1-3-22(30(2)24(32)18-12-11-16(27)14-20(18)28)23-29-21-10-5-4-9-19(21)25(33)31(23)17-8-6-7-15(26)13-17/h4-14,22H,3H2,1-2H3/t22-/m0/s1. The summed E-state index contributed by atoms with van der Waals surface area (Å²) in [6.07, 6.45) is 0.513. The molecule has 0 unspecified atom stereocenters. The summed E-state index contributed by atoms with van der Waals surface area (Å²) < 4.78 is 1.52. The largest absolute Gasteiger partial charge is 0.331 e. The van der Waals surface area contributed by atoms with Gasteiger partial charge >= 0.3 is 0 Å². The minimum Gasteiger partial charge on any atom is -0.331 e. The number of benzene rings is 3. The molecule has 3 aromatic carbocycles. The number of fused-ring (bicyclic) bond motifs is 1. The molecule has 5 nitrogen and oxygen atoms in total. The third kappa shape index (κ3) is 4.49. The van der Waals surface area contributed by atoms with E-state index in [1.54, 1.807) is 66.5 Å². The maximum Gasteiger partial charge on any atom is 0.266 e. The van der Waals surface area contributed by atoms with Crippen molar-refractivity contribution in [3.05, 3.63) is 104 Å². The first kappa shape index (κ1) is 23.3. The van der Waals surface area contributed by atoms with E-state index < -0.39 is 6.04 Å². The predicted molar refractivity (Wildman–Crippen MR) is 134 cm³/mol. The summed E-state index contributed by atoms with van der Waals surface area (Å²) in [7, 11) is 1.67. The van der Waals surface area contributed by atoms with Gasteiger partial charge in [-0.1, -0.05) is 59.9 Å². The first-order chi connectivity index (χ1) is 15.8. The molecule has 0 radical (unpaired) electrons. The van der Waals surface area contributed by atoms with Crippen molar-refractivity contribution < 1.29 is 4.79 Å². The number of carbonyl (C=O) groups excluding carboxylic acids is 1. The fraction of sp³-hybridized carbons (Fsp3) is 0.160. The molecule has 1 atom stereocenters. The summed E-state index contributed by atoms with van der Waals surface area (Å²) in [4.78, 5) is 33.3. The summed E-state index contributed by atoms with van der Waals surface area (Å²) in [6, 6.07) is 18.4. The molecule has 4 aromatic rings. The molecule has 8 heteroatoms. The second-order valence-electron chi connectivity index (χ2n) is 7.57. The smallest absolute Gasteiger partial charge is 0.266 e. The van der Waals surface area contributed by atoms with Gasteiger partial charge < -0.3 is 4.90 Å². The number of halogens is 3. The fourth-order valence-corrected chi connectivity index (χ4v) is 4.54. The summed E-state index contributed by atoms with van der Waals surface area (Å²) in [5, 5.41) is 1.67. The molecule has 1 heterocycles. The Labute approximate surface area is 206 Å². The van der Waals surface area contributed by atoms with Crippen molar-refractivity contribution in [3.63, 3.8) is 0 Å². The van der Waals surface area contributed by atoms with Crippen LogP contribution in [-0.4, -0.2) is 27.4 Å². The molecule has 0 bridgehead atoms. The highest BCUT2D eigenvalue weighted by Gasteiger charge is 2.28. The summed E-state index contributed by atoms with van der Waals surface area (Å²) in [5.74, 6) is 0.132. The van der Waals surface area contributed by atoms with E-state index in [9.17, 15) is 9.59 Å². The maximum absolute atomic E-state index is 13.6. The van der Waals surface area contributed by atoms with Crippen LogP contribution in [0.5, 0.6) is 0 Å². The summed E-state index contributed by atoms with van der Waals surface area (Å²) >= 11 is 18.5. The van der Waals surface area contributed by atoms with E-state index in [-0.39, 0.29) is 16.5 Å². The highest BCUT2D eigenvalue weighted by Crippen LogP contribution is 2.29. The molecule has 0 spiro atoms. The van der Waals surface area contributed by atoms with Crippen molar-refractivity contribution in [3.8, 4) is 5.69 Å². The van der Waals surface area contributed by atoms with Crippen LogP contribution in [0.3, 0.4) is 0 Å². The molecule has 0 aliphatic carbocycles. The molecule has 0 N–H and O–H groups in total. The Balaban J connectivity index is 1.91. The zero-order valence-corrected chi connectivity index (χ0v) is 20.2. The highest BCUT2D eigenvalue weighted by atomic mass is 35.5. The van der Waals surface area contributed by atoms with Crippen molar-refractivity contribution in [2.45, 2.75) is 19.4 Å². The Morgan fingerprint density at radius 3 is 2.42 bits per heavy atom. The fourth-order valence-electron chi connectivity index (χ4n) is 3.86. The predicted octanol–water partition coefficient (Wildman–Crippen LogP) is 6.57. The second-order valence-corrected chi connectivity index (χ2v) is 8.85. The third-order valence-electron chi connectivity index (χ3n) is 5.50. The van der Waals surface area contributed by atoms with Gasteiger partial charge in [-0.2, -0.15) is 0 Å². The Morgan fingerprint density at radius 1 is 1.00 bits per heavy atom. The monoisotopic (exact) mass is 499 g/mol. The first-order valence-electron chi connectivity index (χ1n) is 10.3. The number of carbonyl (C=O) groups is 1. The van der Waals surface area contributed by atoms with Gasteiger partial charge in [0.25, 0.3) is 11.5 Å². The van der Waals surface area contributed by atoms with Crippen LogP contribution in [0.4, 0.5) is 0 Å². The van der Waals surface area contributed by atoms with Crippen molar-refractivity contribution in [2.24, 2.45) is 0 Å². The van der Waals surface area contributed by atoms with Gasteiger partial charge in [0.05, 0.1) is 33.2 Å². The minimum absolute atomic E-state index is 0.235. The Kier molecular flexibility index (Phi) is 6.75. The van der Waals surface area contributed by atoms with Gasteiger partial charge in [0.1, 0.15) is 5.82 Å². The van der Waals surface area contributed by atoms with Crippen molar-refractivity contribution >= 4 is 51.6 Å². The summed E-state index contributed by atoms with van der Waals surface area (Å²) in [5.41, 5.74) is 1.21. The molecule has 4 rings (SSSR count). The zero-order valence-electron chi connectivity index (χ0n) is 17.9. The SMILES string of the molecule is CC[C@@H](c1nc2ccccc2c(=O)n1-c1cccc(Cl)c1)N(C)C(=O)c1ccc(Cl)cc1Cl. The lowest BCUT2D eigenvalue weighted by molar-refractivity contribution is 0.0717. The number of hydrogen-bond acceptors (Lipinski definition) is 3. The van der Waals surface area contributed by atoms with E-state index in [0.717, 1.165) is 0 Å². The van der Waals surface area contributed by atoms with Crippen LogP contribution >= 0.6 is 34.8 Å². The average molecular weight is 501 g/mol. The van der Waals surface area contributed by atoms with Crippen molar-refractivity contribution in [2.75, 3.05) is 7.05 Å². The van der Waals surface area contributed by atoms with E-state index >= 15 is 0 Å². The van der Waals surface area contributed by atoms with Gasteiger partial charge in [-0.15, -0.1) is 0 Å². The summed E-state index contributed by atoms with van der Waals surface area (Å²) in [6.45, 7) is 1.93. The van der Waals surface area contributed by atoms with Crippen LogP contribution in [0, 0.1) is 0 Å². The Bertz CT molecular complexity index is 1420. The number of amides is 1. The van der Waals surface area contributed by atoms with Gasteiger partial charge in [0, 0.05) is 17.1 Å². The van der Waals surface area contributed by atoms with Gasteiger partial charge in [-0.25, -0.2) is 4.98 Å². The van der Waals surface area contributed by atoms with Crippen molar-refractivity contribution in [1.29, 1.82) is 0 Å². The number of rotatable bonds is 5. The van der Waals surface area contributed by atoms with Gasteiger partial charge in [0.15, 0.2) is 0 Å². The first-order valence-corrected chi connectivity index (χ1v) is 11.4. The molecular formula is C25H20Cl3N3O2. The van der Waals surface area contributed by atoms with E-state index in [4.69, 9.17) is 39.8 Å². The number of para-hydroxylation sites is 1. The molecule has 0 aliphatic heterocycles. The van der Waals surface area contributed by atoms with Crippen LogP contribution in [0.15, 0.2) is 71.5 Å². The molecule has 0 saturated heterocycles. The number of nitrogens with zero attached hydrogens (tertiary/aromatic N) is 3. The highest BCUT2D eigenvalue weighted by molar-refractivity contribution is 6.36. The maximum atomic E-state index is 13.6. The molecular weight excluding hydrogens is 481 g/mol. The number of aromatic nitrogens is 2. The zero-order chi connectivity index (χ0) is 23.7. The molecule has 33 heavy (non-hydrogen) atoms. The van der Waals surface area contributed by atoms with Crippen LogP contribution in [0.1, 0.15) is 35.6 Å². The lowest BCUT2D eigenvalue weighted by Crippen LogP contribution is -2.36. The molecule has 168 valence electrons. The molecule has 0 fully saturated rings. The quantitative estimate of drug-likeness (QED) is 0.311. The molecule has 0 saturated carbocycles. The van der Waals surface area contributed by atoms with Crippen LogP contribution in [0.2, 0.25) is 15.1 Å². The Hall–Kier alpha value is -2.86. The third-order valence-corrected chi connectivity index (χ3v) is 6.29. The van der Waals surface area contributed by atoms with Crippen LogP contribution < -0.4 is 5.56 Å². The lowest BCUT2D eigenvalue weighted by Gasteiger charge is -2.29. The van der Waals surface area contributed by atoms with Crippen LogP contribution in [-0.2, 0) is 0 Å². The van der Waals surface area contributed by atoms with Crippen molar-refractivity contribution in [1.82, 2.24) is 14.5 Å². The molecule has 0 aliphatic rings. The Morgan fingerprint density at radius 2 is 1.73 bits per heavy atom. The van der Waals surface area contributed by atoms with Crippen LogP contribution in [0.25, 0.3) is 16.6 Å². The van der Waals surface area contributed by atoms with E-state index in [0.29, 0.717) is 44.4 Å². The van der Waals surface area contributed by atoms with Gasteiger partial charge in [-0.3, -0.25) is 14.2 Å². The van der Waals surface area contributed by atoms with E-state index in [1.807, 2.05) is 13.0 Å². The normalized spacial score (nSPS) is 12.0.